The molecule has 0 spiro atoms. The SMILES string of the molecule is Cc1ccc(CCNCC(O)CCC(=O)O)c(C)c1. The van der Waals surface area contributed by atoms with Gasteiger partial charge in [0.05, 0.1) is 6.10 Å². The van der Waals surface area contributed by atoms with Gasteiger partial charge in [-0.2, -0.15) is 0 Å². The van der Waals surface area contributed by atoms with Crippen molar-refractivity contribution < 1.29 is 15.0 Å². The summed E-state index contributed by atoms with van der Waals surface area (Å²) in [4.78, 5) is 10.4. The van der Waals surface area contributed by atoms with E-state index >= 15 is 0 Å². The maximum Gasteiger partial charge on any atom is 0.303 e. The molecule has 4 nitrogen and oxygen atoms in total. The second kappa shape index (κ2) is 7.92. The third-order valence-electron chi connectivity index (χ3n) is 3.14. The predicted octanol–water partition coefficient (Wildman–Crippen LogP) is 1.66. The molecule has 0 bridgehead atoms. The van der Waals surface area contributed by atoms with E-state index in [1.807, 2.05) is 0 Å². The minimum atomic E-state index is -0.866. The monoisotopic (exact) mass is 265 g/mol. The van der Waals surface area contributed by atoms with Crippen molar-refractivity contribution in [2.45, 2.75) is 39.2 Å². The summed E-state index contributed by atoms with van der Waals surface area (Å²) in [5, 5.41) is 21.2. The minimum Gasteiger partial charge on any atom is -0.481 e. The van der Waals surface area contributed by atoms with Gasteiger partial charge in [-0.15, -0.1) is 0 Å². The topological polar surface area (TPSA) is 69.6 Å². The fourth-order valence-corrected chi connectivity index (χ4v) is 2.01. The molecule has 3 N–H and O–H groups in total. The van der Waals surface area contributed by atoms with E-state index in [9.17, 15) is 9.90 Å². The highest BCUT2D eigenvalue weighted by atomic mass is 16.4. The fraction of sp³-hybridized carbons (Fsp3) is 0.533. The Morgan fingerprint density at radius 3 is 2.74 bits per heavy atom. The van der Waals surface area contributed by atoms with Crippen molar-refractivity contribution in [3.05, 3.63) is 34.9 Å². The van der Waals surface area contributed by atoms with Gasteiger partial charge < -0.3 is 15.5 Å². The third-order valence-corrected chi connectivity index (χ3v) is 3.14. The molecule has 1 unspecified atom stereocenters. The first-order valence-corrected chi connectivity index (χ1v) is 6.65. The zero-order valence-electron chi connectivity index (χ0n) is 11.6. The van der Waals surface area contributed by atoms with Crippen molar-refractivity contribution in [2.75, 3.05) is 13.1 Å². The lowest BCUT2D eigenvalue weighted by atomic mass is 10.0. The van der Waals surface area contributed by atoms with Crippen LogP contribution in [0.2, 0.25) is 0 Å². The number of carboxylic acid groups (broad SMARTS) is 1. The van der Waals surface area contributed by atoms with Gasteiger partial charge in [0.15, 0.2) is 0 Å². The predicted molar refractivity (Wildman–Crippen MR) is 75.4 cm³/mol. The van der Waals surface area contributed by atoms with Crippen molar-refractivity contribution in [3.63, 3.8) is 0 Å². The summed E-state index contributed by atoms with van der Waals surface area (Å²) in [6.45, 7) is 5.41. The molecule has 4 heteroatoms. The van der Waals surface area contributed by atoms with Crippen LogP contribution in [-0.4, -0.2) is 35.4 Å². The number of carboxylic acids is 1. The Morgan fingerprint density at radius 1 is 1.37 bits per heavy atom. The molecule has 106 valence electrons. The molecule has 1 aromatic carbocycles. The van der Waals surface area contributed by atoms with E-state index in [2.05, 4.69) is 37.4 Å². The van der Waals surface area contributed by atoms with Crippen LogP contribution in [0.3, 0.4) is 0 Å². The van der Waals surface area contributed by atoms with Gasteiger partial charge in [-0.05, 0) is 44.4 Å². The maximum absolute atomic E-state index is 10.4. The molecular formula is C15H23NO3. The summed E-state index contributed by atoms with van der Waals surface area (Å²) >= 11 is 0. The molecule has 1 aromatic rings. The van der Waals surface area contributed by atoms with Crippen LogP contribution in [0, 0.1) is 13.8 Å². The molecule has 0 fully saturated rings. The second-order valence-electron chi connectivity index (χ2n) is 4.97. The molecule has 0 aliphatic rings. The Morgan fingerprint density at radius 2 is 2.11 bits per heavy atom. The van der Waals surface area contributed by atoms with Gasteiger partial charge in [-0.1, -0.05) is 23.8 Å². The van der Waals surface area contributed by atoms with Crippen LogP contribution in [0.25, 0.3) is 0 Å². The molecule has 0 amide bonds. The molecule has 1 rings (SSSR count). The Hall–Kier alpha value is -1.39. The molecule has 0 aromatic heterocycles. The van der Waals surface area contributed by atoms with Crippen LogP contribution in [0.1, 0.15) is 29.5 Å². The number of carbonyl (C=O) groups is 1. The van der Waals surface area contributed by atoms with Crippen LogP contribution >= 0.6 is 0 Å². The first-order chi connectivity index (χ1) is 8.99. The number of hydrogen-bond donors (Lipinski definition) is 3. The molecule has 0 aliphatic heterocycles. The van der Waals surface area contributed by atoms with E-state index in [1.54, 1.807) is 0 Å². The van der Waals surface area contributed by atoms with E-state index in [0.29, 0.717) is 13.0 Å². The lowest BCUT2D eigenvalue weighted by Gasteiger charge is -2.11. The van der Waals surface area contributed by atoms with Gasteiger partial charge in [-0.25, -0.2) is 0 Å². The van der Waals surface area contributed by atoms with Gasteiger partial charge in [0, 0.05) is 13.0 Å². The summed E-state index contributed by atoms with van der Waals surface area (Å²) in [5.41, 5.74) is 3.85. The Balaban J connectivity index is 2.21. The molecule has 0 radical (unpaired) electrons. The highest BCUT2D eigenvalue weighted by Gasteiger charge is 2.06. The number of aryl methyl sites for hydroxylation is 2. The van der Waals surface area contributed by atoms with Crippen molar-refractivity contribution in [1.82, 2.24) is 5.32 Å². The average molecular weight is 265 g/mol. The summed E-state index contributed by atoms with van der Waals surface area (Å²) in [7, 11) is 0. The lowest BCUT2D eigenvalue weighted by Crippen LogP contribution is -2.29. The summed E-state index contributed by atoms with van der Waals surface area (Å²) in [5.74, 6) is -0.866. The van der Waals surface area contributed by atoms with Crippen LogP contribution in [0.15, 0.2) is 18.2 Å². The van der Waals surface area contributed by atoms with Gasteiger partial charge >= 0.3 is 5.97 Å². The standard InChI is InChI=1S/C15H23NO3/c1-11-3-4-13(12(2)9-11)7-8-16-10-14(17)5-6-15(18)19/h3-4,9,14,16-17H,5-8,10H2,1-2H3,(H,18,19). The van der Waals surface area contributed by atoms with Crippen LogP contribution in [0.5, 0.6) is 0 Å². The van der Waals surface area contributed by atoms with E-state index in [1.165, 1.54) is 16.7 Å². The molecule has 19 heavy (non-hydrogen) atoms. The van der Waals surface area contributed by atoms with E-state index in [4.69, 9.17) is 5.11 Å². The molecule has 0 saturated heterocycles. The second-order valence-corrected chi connectivity index (χ2v) is 4.97. The van der Waals surface area contributed by atoms with Crippen molar-refractivity contribution in [3.8, 4) is 0 Å². The highest BCUT2D eigenvalue weighted by molar-refractivity contribution is 5.66. The fourth-order valence-electron chi connectivity index (χ4n) is 2.01. The summed E-state index contributed by atoms with van der Waals surface area (Å²) in [6.07, 6.45) is 0.638. The Kier molecular flexibility index (Phi) is 6.53. The summed E-state index contributed by atoms with van der Waals surface area (Å²) in [6, 6.07) is 6.40. The average Bonchev–Trinajstić information content (AvgIpc) is 2.34. The Labute approximate surface area is 114 Å². The number of nitrogens with one attached hydrogen (secondary N) is 1. The van der Waals surface area contributed by atoms with Crippen LogP contribution < -0.4 is 5.32 Å². The van der Waals surface area contributed by atoms with Crippen molar-refractivity contribution in [2.24, 2.45) is 0 Å². The zero-order valence-corrected chi connectivity index (χ0v) is 11.6. The largest absolute Gasteiger partial charge is 0.481 e. The van der Waals surface area contributed by atoms with Crippen LogP contribution in [-0.2, 0) is 11.2 Å². The van der Waals surface area contributed by atoms with Crippen molar-refractivity contribution >= 4 is 5.97 Å². The van der Waals surface area contributed by atoms with E-state index in [0.717, 1.165) is 13.0 Å². The lowest BCUT2D eigenvalue weighted by molar-refractivity contribution is -0.137. The smallest absolute Gasteiger partial charge is 0.303 e. The molecule has 0 heterocycles. The summed E-state index contributed by atoms with van der Waals surface area (Å²) < 4.78 is 0. The first-order valence-electron chi connectivity index (χ1n) is 6.65. The highest BCUT2D eigenvalue weighted by Crippen LogP contribution is 2.10. The van der Waals surface area contributed by atoms with Gasteiger partial charge in [-0.3, -0.25) is 4.79 Å². The van der Waals surface area contributed by atoms with Gasteiger partial charge in [0.2, 0.25) is 0 Å². The van der Waals surface area contributed by atoms with E-state index in [-0.39, 0.29) is 6.42 Å². The number of aliphatic carboxylic acids is 1. The zero-order chi connectivity index (χ0) is 14.3. The number of benzene rings is 1. The molecule has 0 aliphatic carbocycles. The van der Waals surface area contributed by atoms with Crippen LogP contribution in [0.4, 0.5) is 0 Å². The number of hydrogen-bond acceptors (Lipinski definition) is 3. The first kappa shape index (κ1) is 15.7. The van der Waals surface area contributed by atoms with E-state index < -0.39 is 12.1 Å². The maximum atomic E-state index is 10.4. The quantitative estimate of drug-likeness (QED) is 0.625. The van der Waals surface area contributed by atoms with Crippen molar-refractivity contribution in [1.29, 1.82) is 0 Å². The number of rotatable bonds is 8. The molecule has 1 atom stereocenters. The Bertz CT molecular complexity index is 418. The minimum absolute atomic E-state index is 0.0138. The number of aliphatic hydroxyl groups is 1. The van der Waals surface area contributed by atoms with Gasteiger partial charge in [0.25, 0.3) is 0 Å². The third kappa shape index (κ3) is 6.36. The van der Waals surface area contributed by atoms with Gasteiger partial charge in [0.1, 0.15) is 0 Å². The normalized spacial score (nSPS) is 12.4. The number of aliphatic hydroxyl groups excluding tert-OH is 1. The molecule has 0 saturated carbocycles. The molecular weight excluding hydrogens is 242 g/mol.